The molecule has 1 aliphatic heterocycles. The predicted octanol–water partition coefficient (Wildman–Crippen LogP) is 3.18. The monoisotopic (exact) mass is 292 g/mol. The number of nitrogens with two attached hydrogens (primary N) is 1. The number of halogens is 1. The highest BCUT2D eigenvalue weighted by atomic mass is 35.5. The van der Waals surface area contributed by atoms with Crippen LogP contribution in [0.4, 0.5) is 5.69 Å². The maximum absolute atomic E-state index is 12.5. The first-order valence-electron chi connectivity index (χ1n) is 6.04. The molecule has 0 saturated heterocycles. The summed E-state index contributed by atoms with van der Waals surface area (Å²) in [5.74, 6) is -0.0222. The van der Waals surface area contributed by atoms with Crippen LogP contribution < -0.4 is 5.73 Å². The number of hydrogen-bond donors (Lipinski definition) is 1. The normalized spacial score (nSPS) is 14.3. The van der Waals surface area contributed by atoms with Crippen LogP contribution in [-0.4, -0.2) is 17.4 Å². The van der Waals surface area contributed by atoms with Crippen molar-refractivity contribution in [2.24, 2.45) is 0 Å². The standard InChI is InChI=1S/C14H13ClN2OS/c15-10-1-2-11(12(16)7-10)14(18)17-5-3-13-9(8-17)4-6-19-13/h1-2,4,6-7H,3,5,8,16H2. The van der Waals surface area contributed by atoms with Crippen LogP contribution in [0.15, 0.2) is 29.6 Å². The number of amides is 1. The smallest absolute Gasteiger partial charge is 0.256 e. The van der Waals surface area contributed by atoms with Crippen molar-refractivity contribution in [1.82, 2.24) is 4.90 Å². The molecule has 1 aromatic heterocycles. The first-order valence-corrected chi connectivity index (χ1v) is 7.30. The molecule has 2 heterocycles. The van der Waals surface area contributed by atoms with Crippen LogP contribution in [0.2, 0.25) is 5.02 Å². The Morgan fingerprint density at radius 3 is 3.00 bits per heavy atom. The summed E-state index contributed by atoms with van der Waals surface area (Å²) in [4.78, 5) is 15.7. The third-order valence-electron chi connectivity index (χ3n) is 3.34. The van der Waals surface area contributed by atoms with Crippen LogP contribution in [0.25, 0.3) is 0 Å². The Morgan fingerprint density at radius 2 is 2.21 bits per heavy atom. The predicted molar refractivity (Wildman–Crippen MR) is 78.6 cm³/mol. The summed E-state index contributed by atoms with van der Waals surface area (Å²) in [6.07, 6.45) is 0.923. The summed E-state index contributed by atoms with van der Waals surface area (Å²) in [7, 11) is 0. The molecule has 19 heavy (non-hydrogen) atoms. The van der Waals surface area contributed by atoms with Crippen LogP contribution in [0.3, 0.4) is 0 Å². The van der Waals surface area contributed by atoms with Crippen LogP contribution >= 0.6 is 22.9 Å². The zero-order valence-corrected chi connectivity index (χ0v) is 11.8. The van der Waals surface area contributed by atoms with E-state index in [1.165, 1.54) is 10.4 Å². The van der Waals surface area contributed by atoms with E-state index in [4.69, 9.17) is 17.3 Å². The number of thiophene rings is 1. The molecule has 1 aliphatic rings. The van der Waals surface area contributed by atoms with E-state index in [0.29, 0.717) is 22.8 Å². The van der Waals surface area contributed by atoms with Gasteiger partial charge in [0.1, 0.15) is 0 Å². The number of fused-ring (bicyclic) bond motifs is 1. The number of carbonyl (C=O) groups excluding carboxylic acids is 1. The third kappa shape index (κ3) is 2.33. The summed E-state index contributed by atoms with van der Waals surface area (Å²) in [5, 5.41) is 2.63. The highest BCUT2D eigenvalue weighted by Gasteiger charge is 2.23. The Kier molecular flexibility index (Phi) is 3.21. The maximum Gasteiger partial charge on any atom is 0.256 e. The van der Waals surface area contributed by atoms with Gasteiger partial charge in [-0.25, -0.2) is 0 Å². The largest absolute Gasteiger partial charge is 0.398 e. The molecule has 0 spiro atoms. The Balaban J connectivity index is 1.85. The first-order chi connectivity index (χ1) is 9.15. The summed E-state index contributed by atoms with van der Waals surface area (Å²) >= 11 is 7.62. The Bertz CT molecular complexity index is 638. The van der Waals surface area contributed by atoms with Gasteiger partial charge in [0.2, 0.25) is 0 Å². The molecule has 3 rings (SSSR count). The van der Waals surface area contributed by atoms with Gasteiger partial charge in [-0.2, -0.15) is 0 Å². The van der Waals surface area contributed by atoms with E-state index in [1.54, 1.807) is 29.5 Å². The minimum atomic E-state index is -0.0222. The van der Waals surface area contributed by atoms with E-state index < -0.39 is 0 Å². The van der Waals surface area contributed by atoms with Gasteiger partial charge in [0.25, 0.3) is 5.91 Å². The van der Waals surface area contributed by atoms with E-state index in [1.807, 2.05) is 4.90 Å². The first kappa shape index (κ1) is 12.5. The van der Waals surface area contributed by atoms with Crippen LogP contribution in [0, 0.1) is 0 Å². The van der Waals surface area contributed by atoms with Gasteiger partial charge in [0, 0.05) is 28.7 Å². The molecular formula is C14H13ClN2OS. The fourth-order valence-corrected chi connectivity index (χ4v) is 3.39. The highest BCUT2D eigenvalue weighted by molar-refractivity contribution is 7.10. The van der Waals surface area contributed by atoms with Crippen molar-refractivity contribution in [1.29, 1.82) is 0 Å². The van der Waals surface area contributed by atoms with Crippen LogP contribution in [-0.2, 0) is 13.0 Å². The minimum absolute atomic E-state index is 0.0222. The molecule has 0 aliphatic carbocycles. The quantitative estimate of drug-likeness (QED) is 0.821. The molecular weight excluding hydrogens is 280 g/mol. The van der Waals surface area contributed by atoms with Gasteiger partial charge in [0.05, 0.1) is 5.56 Å². The van der Waals surface area contributed by atoms with Gasteiger partial charge in [-0.1, -0.05) is 11.6 Å². The molecule has 0 fully saturated rings. The van der Waals surface area contributed by atoms with Gasteiger partial charge < -0.3 is 10.6 Å². The van der Waals surface area contributed by atoms with Gasteiger partial charge >= 0.3 is 0 Å². The zero-order valence-electron chi connectivity index (χ0n) is 10.2. The lowest BCUT2D eigenvalue weighted by Crippen LogP contribution is -2.35. The summed E-state index contributed by atoms with van der Waals surface area (Å²) < 4.78 is 0. The average molecular weight is 293 g/mol. The second-order valence-electron chi connectivity index (χ2n) is 4.58. The van der Waals surface area contributed by atoms with Crippen molar-refractivity contribution in [3.8, 4) is 0 Å². The number of anilines is 1. The van der Waals surface area contributed by atoms with E-state index in [9.17, 15) is 4.79 Å². The molecule has 2 N–H and O–H groups in total. The molecule has 0 bridgehead atoms. The number of benzene rings is 1. The third-order valence-corrected chi connectivity index (χ3v) is 4.60. The van der Waals surface area contributed by atoms with Crippen LogP contribution in [0.1, 0.15) is 20.8 Å². The molecule has 98 valence electrons. The molecule has 1 amide bonds. The lowest BCUT2D eigenvalue weighted by molar-refractivity contribution is 0.0737. The van der Waals surface area contributed by atoms with Crippen molar-refractivity contribution in [3.05, 3.63) is 50.7 Å². The SMILES string of the molecule is Nc1cc(Cl)ccc1C(=O)N1CCc2sccc2C1. The fourth-order valence-electron chi connectivity index (χ4n) is 2.32. The second kappa shape index (κ2) is 4.87. The molecule has 3 nitrogen and oxygen atoms in total. The summed E-state index contributed by atoms with van der Waals surface area (Å²) in [6.45, 7) is 1.41. The molecule has 0 unspecified atom stereocenters. The van der Waals surface area contributed by atoms with E-state index in [0.717, 1.165) is 13.0 Å². The Hall–Kier alpha value is -1.52. The fraction of sp³-hybridized carbons (Fsp3) is 0.214. The highest BCUT2D eigenvalue weighted by Crippen LogP contribution is 2.26. The molecule has 1 aromatic carbocycles. The summed E-state index contributed by atoms with van der Waals surface area (Å²) in [5.41, 5.74) is 8.09. The maximum atomic E-state index is 12.5. The van der Waals surface area contributed by atoms with E-state index in [-0.39, 0.29) is 5.91 Å². The van der Waals surface area contributed by atoms with Crippen molar-refractivity contribution >= 4 is 34.5 Å². The van der Waals surface area contributed by atoms with Gasteiger partial charge in [0.15, 0.2) is 0 Å². The van der Waals surface area contributed by atoms with Crippen molar-refractivity contribution in [2.45, 2.75) is 13.0 Å². The molecule has 0 saturated carbocycles. The molecule has 5 heteroatoms. The van der Waals surface area contributed by atoms with Crippen molar-refractivity contribution < 1.29 is 4.79 Å². The Morgan fingerprint density at radius 1 is 1.37 bits per heavy atom. The van der Waals surface area contributed by atoms with Gasteiger partial charge in [-0.05, 0) is 41.6 Å². The lowest BCUT2D eigenvalue weighted by atomic mass is 10.1. The van der Waals surface area contributed by atoms with Crippen molar-refractivity contribution in [2.75, 3.05) is 12.3 Å². The molecule has 0 atom stereocenters. The number of rotatable bonds is 1. The van der Waals surface area contributed by atoms with E-state index >= 15 is 0 Å². The zero-order chi connectivity index (χ0) is 13.4. The van der Waals surface area contributed by atoms with Crippen molar-refractivity contribution in [3.63, 3.8) is 0 Å². The Labute approximate surface area is 120 Å². The summed E-state index contributed by atoms with van der Waals surface area (Å²) in [6, 6.07) is 7.10. The van der Waals surface area contributed by atoms with E-state index in [2.05, 4.69) is 11.4 Å². The van der Waals surface area contributed by atoms with Gasteiger partial charge in [-0.15, -0.1) is 11.3 Å². The number of carbonyl (C=O) groups is 1. The van der Waals surface area contributed by atoms with Gasteiger partial charge in [-0.3, -0.25) is 4.79 Å². The number of nitrogen functional groups attached to an aromatic ring is 1. The molecule has 2 aromatic rings. The number of hydrogen-bond acceptors (Lipinski definition) is 3. The topological polar surface area (TPSA) is 46.3 Å². The van der Waals surface area contributed by atoms with Crippen LogP contribution in [0.5, 0.6) is 0 Å². The minimum Gasteiger partial charge on any atom is -0.398 e. The lowest BCUT2D eigenvalue weighted by Gasteiger charge is -2.27. The second-order valence-corrected chi connectivity index (χ2v) is 6.01. The number of nitrogens with zero attached hydrogens (tertiary/aromatic N) is 1. The average Bonchev–Trinajstić information content (AvgIpc) is 2.85. The molecule has 0 radical (unpaired) electrons.